The molecule has 1 saturated heterocycles. The summed E-state index contributed by atoms with van der Waals surface area (Å²) < 4.78 is 37.7. The highest BCUT2D eigenvalue weighted by Gasteiger charge is 2.34. The zero-order chi connectivity index (χ0) is 13.5. The topological polar surface area (TPSA) is 49.4 Å². The number of anilines is 1. The number of aryl methyl sites for hydroxylation is 1. The second-order valence-corrected chi connectivity index (χ2v) is 3.94. The first kappa shape index (κ1) is 12.4. The van der Waals surface area contributed by atoms with Crippen molar-refractivity contribution in [2.24, 2.45) is 0 Å². The van der Waals surface area contributed by atoms with Crippen LogP contribution in [-0.4, -0.2) is 18.5 Å². The Bertz CT molecular complexity index is 526. The Hall–Kier alpha value is -2.05. The third kappa shape index (κ3) is 2.15. The molecule has 0 spiro atoms. The number of imide groups is 1. The standard InChI is InChI=1S/C11H9F3N2O2/c1-6-2-3-7(11(12,13)14)4-8(6)16-5-9(17)15-10(16)18/h2-4H,5H2,1H3,(H,15,17,18). The SMILES string of the molecule is Cc1ccc(C(F)(F)F)cc1N1CC(=O)NC1=O. The molecule has 18 heavy (non-hydrogen) atoms. The summed E-state index contributed by atoms with van der Waals surface area (Å²) in [5.74, 6) is -0.531. The fourth-order valence-corrected chi connectivity index (χ4v) is 1.71. The van der Waals surface area contributed by atoms with Crippen LogP contribution in [0.1, 0.15) is 11.1 Å². The van der Waals surface area contributed by atoms with Gasteiger partial charge in [0, 0.05) is 5.69 Å². The Labute approximate surface area is 100 Å². The quantitative estimate of drug-likeness (QED) is 0.784. The molecule has 1 aliphatic heterocycles. The second-order valence-electron chi connectivity index (χ2n) is 3.94. The minimum absolute atomic E-state index is 0.0909. The van der Waals surface area contributed by atoms with E-state index in [1.54, 1.807) is 6.92 Å². The average Bonchev–Trinajstić information content (AvgIpc) is 2.56. The zero-order valence-electron chi connectivity index (χ0n) is 9.34. The molecule has 1 aromatic carbocycles. The van der Waals surface area contributed by atoms with Crippen LogP contribution in [0.3, 0.4) is 0 Å². The summed E-state index contributed by atoms with van der Waals surface area (Å²) in [6, 6.07) is 2.37. The van der Waals surface area contributed by atoms with E-state index in [2.05, 4.69) is 0 Å². The van der Waals surface area contributed by atoms with Crippen LogP contribution in [0.4, 0.5) is 23.7 Å². The number of benzene rings is 1. The smallest absolute Gasteiger partial charge is 0.284 e. The Kier molecular flexibility index (Phi) is 2.76. The van der Waals surface area contributed by atoms with Gasteiger partial charge in [0.1, 0.15) is 6.54 Å². The van der Waals surface area contributed by atoms with E-state index >= 15 is 0 Å². The first-order valence-electron chi connectivity index (χ1n) is 5.08. The van der Waals surface area contributed by atoms with Gasteiger partial charge in [-0.05, 0) is 24.6 Å². The minimum Gasteiger partial charge on any atom is -0.284 e. The number of nitrogens with one attached hydrogen (secondary N) is 1. The molecule has 0 atom stereocenters. The number of amides is 3. The fraction of sp³-hybridized carbons (Fsp3) is 0.273. The van der Waals surface area contributed by atoms with Gasteiger partial charge in [-0.15, -0.1) is 0 Å². The largest absolute Gasteiger partial charge is 0.416 e. The molecule has 1 aliphatic rings. The van der Waals surface area contributed by atoms with Crippen molar-refractivity contribution < 1.29 is 22.8 Å². The predicted octanol–water partition coefficient (Wildman–Crippen LogP) is 2.07. The van der Waals surface area contributed by atoms with E-state index in [0.717, 1.165) is 17.0 Å². The van der Waals surface area contributed by atoms with Crippen molar-refractivity contribution in [3.05, 3.63) is 29.3 Å². The Morgan fingerprint density at radius 2 is 1.94 bits per heavy atom. The number of hydrogen-bond acceptors (Lipinski definition) is 2. The number of halogens is 3. The van der Waals surface area contributed by atoms with Crippen molar-refractivity contribution in [1.29, 1.82) is 0 Å². The molecular formula is C11H9F3N2O2. The van der Waals surface area contributed by atoms with E-state index in [4.69, 9.17) is 0 Å². The van der Waals surface area contributed by atoms with Gasteiger partial charge in [0.15, 0.2) is 0 Å². The molecule has 3 amide bonds. The summed E-state index contributed by atoms with van der Waals surface area (Å²) >= 11 is 0. The molecule has 7 heteroatoms. The molecular weight excluding hydrogens is 249 g/mol. The molecule has 4 nitrogen and oxygen atoms in total. The number of rotatable bonds is 1. The summed E-state index contributed by atoms with van der Waals surface area (Å²) in [6.07, 6.45) is -4.48. The Morgan fingerprint density at radius 3 is 2.44 bits per heavy atom. The van der Waals surface area contributed by atoms with Crippen LogP contribution in [0.25, 0.3) is 0 Å². The van der Waals surface area contributed by atoms with E-state index in [-0.39, 0.29) is 12.2 Å². The average molecular weight is 258 g/mol. The van der Waals surface area contributed by atoms with Crippen molar-refractivity contribution in [3.8, 4) is 0 Å². The minimum atomic E-state index is -4.48. The highest BCUT2D eigenvalue weighted by atomic mass is 19.4. The van der Waals surface area contributed by atoms with E-state index in [9.17, 15) is 22.8 Å². The monoisotopic (exact) mass is 258 g/mol. The summed E-state index contributed by atoms with van der Waals surface area (Å²) in [5.41, 5.74) is -0.267. The fourth-order valence-electron chi connectivity index (χ4n) is 1.71. The van der Waals surface area contributed by atoms with Gasteiger partial charge < -0.3 is 0 Å². The lowest BCUT2D eigenvalue weighted by Crippen LogP contribution is -2.28. The molecule has 0 unspecified atom stereocenters. The summed E-state index contributed by atoms with van der Waals surface area (Å²) in [4.78, 5) is 23.4. The molecule has 1 heterocycles. The van der Waals surface area contributed by atoms with Gasteiger partial charge in [0.05, 0.1) is 5.56 Å². The number of hydrogen-bond donors (Lipinski definition) is 1. The molecule has 0 aliphatic carbocycles. The van der Waals surface area contributed by atoms with Gasteiger partial charge in [0.2, 0.25) is 5.91 Å². The molecule has 96 valence electrons. The second kappa shape index (κ2) is 4.01. The Morgan fingerprint density at radius 1 is 1.28 bits per heavy atom. The van der Waals surface area contributed by atoms with Crippen molar-refractivity contribution in [1.82, 2.24) is 5.32 Å². The van der Waals surface area contributed by atoms with Crippen molar-refractivity contribution in [3.63, 3.8) is 0 Å². The predicted molar refractivity (Wildman–Crippen MR) is 57.1 cm³/mol. The Balaban J connectivity index is 2.44. The molecule has 2 rings (SSSR count). The maximum atomic E-state index is 12.6. The van der Waals surface area contributed by atoms with E-state index in [0.29, 0.717) is 5.56 Å². The van der Waals surface area contributed by atoms with Crippen molar-refractivity contribution >= 4 is 17.6 Å². The van der Waals surface area contributed by atoms with Gasteiger partial charge >= 0.3 is 12.2 Å². The van der Waals surface area contributed by atoms with Crippen LogP contribution in [0.5, 0.6) is 0 Å². The lowest BCUT2D eigenvalue weighted by molar-refractivity contribution is -0.137. The number of alkyl halides is 3. The van der Waals surface area contributed by atoms with Crippen LogP contribution in [-0.2, 0) is 11.0 Å². The molecule has 0 radical (unpaired) electrons. The van der Waals surface area contributed by atoms with Crippen LogP contribution >= 0.6 is 0 Å². The lowest BCUT2D eigenvalue weighted by Gasteiger charge is -2.18. The third-order valence-electron chi connectivity index (χ3n) is 2.62. The summed E-state index contributed by atoms with van der Waals surface area (Å²) in [7, 11) is 0. The van der Waals surface area contributed by atoms with Crippen LogP contribution in [0.2, 0.25) is 0 Å². The third-order valence-corrected chi connectivity index (χ3v) is 2.62. The lowest BCUT2D eigenvalue weighted by atomic mass is 10.1. The van der Waals surface area contributed by atoms with E-state index in [1.807, 2.05) is 5.32 Å². The van der Waals surface area contributed by atoms with Gasteiger partial charge in [-0.3, -0.25) is 15.0 Å². The molecule has 1 aromatic rings. The summed E-state index contributed by atoms with van der Waals surface area (Å²) in [6.45, 7) is 1.31. The van der Waals surface area contributed by atoms with Crippen LogP contribution in [0.15, 0.2) is 18.2 Å². The van der Waals surface area contributed by atoms with E-state index in [1.165, 1.54) is 6.07 Å². The molecule has 1 N–H and O–H groups in total. The summed E-state index contributed by atoms with van der Waals surface area (Å²) in [5, 5.41) is 2.02. The molecule has 0 saturated carbocycles. The molecule has 1 fully saturated rings. The zero-order valence-corrected chi connectivity index (χ0v) is 9.34. The van der Waals surface area contributed by atoms with Crippen molar-refractivity contribution in [2.45, 2.75) is 13.1 Å². The highest BCUT2D eigenvalue weighted by Crippen LogP contribution is 2.33. The number of urea groups is 1. The number of carbonyl (C=O) groups excluding carboxylic acids is 2. The first-order valence-corrected chi connectivity index (χ1v) is 5.08. The van der Waals surface area contributed by atoms with Crippen molar-refractivity contribution in [2.75, 3.05) is 11.4 Å². The van der Waals surface area contributed by atoms with Crippen LogP contribution in [0, 0.1) is 6.92 Å². The van der Waals surface area contributed by atoms with Gasteiger partial charge in [0.25, 0.3) is 0 Å². The maximum absolute atomic E-state index is 12.6. The number of carbonyl (C=O) groups is 2. The van der Waals surface area contributed by atoms with Gasteiger partial charge in [-0.2, -0.15) is 13.2 Å². The van der Waals surface area contributed by atoms with E-state index < -0.39 is 23.7 Å². The van der Waals surface area contributed by atoms with Gasteiger partial charge in [-0.1, -0.05) is 6.07 Å². The van der Waals surface area contributed by atoms with Gasteiger partial charge in [-0.25, -0.2) is 4.79 Å². The van der Waals surface area contributed by atoms with Crippen LogP contribution < -0.4 is 10.2 Å². The highest BCUT2D eigenvalue weighted by molar-refractivity contribution is 6.12. The maximum Gasteiger partial charge on any atom is 0.416 e. The molecule has 0 bridgehead atoms. The first-order chi connectivity index (χ1) is 8.29. The molecule has 0 aromatic heterocycles. The number of nitrogens with zero attached hydrogens (tertiary/aromatic N) is 1. The normalized spacial score (nSPS) is 16.1.